The highest BCUT2D eigenvalue weighted by molar-refractivity contribution is 6.08. The number of benzene rings is 1. The first-order valence-electron chi connectivity index (χ1n) is 7.09. The summed E-state index contributed by atoms with van der Waals surface area (Å²) in [7, 11) is 0. The molecule has 1 atom stereocenters. The average Bonchev–Trinajstić information content (AvgIpc) is 3.04. The van der Waals surface area contributed by atoms with E-state index in [0.29, 0.717) is 6.54 Å². The molecule has 1 aromatic carbocycles. The van der Waals surface area contributed by atoms with E-state index < -0.39 is 0 Å². The predicted molar refractivity (Wildman–Crippen MR) is 77.5 cm³/mol. The van der Waals surface area contributed by atoms with Crippen LogP contribution >= 0.6 is 0 Å². The average molecular weight is 256 g/mol. The molecule has 2 aromatic rings. The molecule has 19 heavy (non-hydrogen) atoms. The van der Waals surface area contributed by atoms with E-state index in [1.54, 1.807) is 0 Å². The van der Waals surface area contributed by atoms with Gasteiger partial charge in [0.2, 0.25) is 0 Å². The Morgan fingerprint density at radius 2 is 2.26 bits per heavy atom. The number of nitrogens with zero attached hydrogens (tertiary/aromatic N) is 1. The van der Waals surface area contributed by atoms with E-state index in [9.17, 15) is 4.79 Å². The summed E-state index contributed by atoms with van der Waals surface area (Å²) in [5, 5.41) is 1.04. The number of ketones is 1. The molecule has 1 N–H and O–H groups in total. The quantitative estimate of drug-likeness (QED) is 0.853. The van der Waals surface area contributed by atoms with Crippen LogP contribution < -0.4 is 0 Å². The maximum absolute atomic E-state index is 12.4. The highest BCUT2D eigenvalue weighted by atomic mass is 16.1. The molecule has 0 spiro atoms. The number of fused-ring (bicyclic) bond motifs is 1. The van der Waals surface area contributed by atoms with E-state index in [1.807, 2.05) is 30.5 Å². The third kappa shape index (κ3) is 2.43. The van der Waals surface area contributed by atoms with Crippen molar-refractivity contribution in [1.29, 1.82) is 0 Å². The number of rotatable bonds is 4. The Balaban J connectivity index is 1.74. The number of hydrogen-bond donors (Lipinski definition) is 1. The molecule has 100 valence electrons. The van der Waals surface area contributed by atoms with Crippen LogP contribution in [0.5, 0.6) is 0 Å². The van der Waals surface area contributed by atoms with Gasteiger partial charge in [0.1, 0.15) is 0 Å². The molecule has 0 amide bonds. The number of carbonyl (C=O) groups is 1. The molecule has 1 aliphatic heterocycles. The summed E-state index contributed by atoms with van der Waals surface area (Å²) in [6.45, 7) is 4.92. The predicted octanol–water partition coefficient (Wildman–Crippen LogP) is 3.08. The van der Waals surface area contributed by atoms with Gasteiger partial charge in [-0.25, -0.2) is 0 Å². The van der Waals surface area contributed by atoms with Crippen LogP contribution in [0.3, 0.4) is 0 Å². The van der Waals surface area contributed by atoms with Gasteiger partial charge < -0.3 is 4.98 Å². The molecule has 1 aromatic heterocycles. The lowest BCUT2D eigenvalue weighted by atomic mass is 10.1. The minimum absolute atomic E-state index is 0.231. The topological polar surface area (TPSA) is 36.1 Å². The molecule has 3 nitrogen and oxygen atoms in total. The van der Waals surface area contributed by atoms with Gasteiger partial charge >= 0.3 is 0 Å². The van der Waals surface area contributed by atoms with Gasteiger partial charge in [0.25, 0.3) is 0 Å². The van der Waals surface area contributed by atoms with E-state index >= 15 is 0 Å². The fourth-order valence-corrected chi connectivity index (χ4v) is 2.98. The van der Waals surface area contributed by atoms with Crippen LogP contribution in [0.25, 0.3) is 10.9 Å². The summed E-state index contributed by atoms with van der Waals surface area (Å²) < 4.78 is 0. The molecule has 1 saturated heterocycles. The monoisotopic (exact) mass is 256 g/mol. The minimum Gasteiger partial charge on any atom is -0.360 e. The van der Waals surface area contributed by atoms with Crippen LogP contribution in [0, 0.1) is 5.92 Å². The van der Waals surface area contributed by atoms with Crippen molar-refractivity contribution in [3.05, 3.63) is 36.0 Å². The first kappa shape index (κ1) is 12.4. The number of H-pyrrole nitrogens is 1. The van der Waals surface area contributed by atoms with E-state index in [4.69, 9.17) is 0 Å². The fraction of sp³-hybridized carbons (Fsp3) is 0.438. The van der Waals surface area contributed by atoms with E-state index in [1.165, 1.54) is 12.8 Å². The van der Waals surface area contributed by atoms with Crippen LogP contribution in [0.4, 0.5) is 0 Å². The highest BCUT2D eigenvalue weighted by Crippen LogP contribution is 2.21. The summed E-state index contributed by atoms with van der Waals surface area (Å²) in [6, 6.07) is 7.99. The van der Waals surface area contributed by atoms with Crippen molar-refractivity contribution in [2.75, 3.05) is 19.6 Å². The molecule has 0 saturated carbocycles. The maximum Gasteiger partial charge on any atom is 0.178 e. The zero-order chi connectivity index (χ0) is 13.2. The minimum atomic E-state index is 0.231. The second kappa shape index (κ2) is 5.17. The Hall–Kier alpha value is -1.61. The number of carbonyl (C=O) groups excluding carboxylic acids is 1. The Bertz CT molecular complexity index is 587. The number of para-hydroxylation sites is 1. The van der Waals surface area contributed by atoms with Crippen molar-refractivity contribution >= 4 is 16.7 Å². The van der Waals surface area contributed by atoms with Crippen LogP contribution in [0.2, 0.25) is 0 Å². The second-order valence-corrected chi connectivity index (χ2v) is 5.47. The Kier molecular flexibility index (Phi) is 3.38. The Morgan fingerprint density at radius 1 is 1.42 bits per heavy atom. The molecule has 3 rings (SSSR count). The van der Waals surface area contributed by atoms with Crippen LogP contribution in [-0.2, 0) is 0 Å². The zero-order valence-electron chi connectivity index (χ0n) is 11.4. The number of nitrogens with one attached hydrogen (secondary N) is 1. The zero-order valence-corrected chi connectivity index (χ0v) is 11.4. The van der Waals surface area contributed by atoms with E-state index in [2.05, 4.69) is 16.8 Å². The summed E-state index contributed by atoms with van der Waals surface area (Å²) in [5.41, 5.74) is 1.87. The number of likely N-dealkylation sites (tertiary alicyclic amines) is 1. The summed E-state index contributed by atoms with van der Waals surface area (Å²) in [5.74, 6) is 1.00. The third-order valence-corrected chi connectivity index (χ3v) is 4.20. The van der Waals surface area contributed by atoms with E-state index in [-0.39, 0.29) is 5.78 Å². The first-order valence-corrected chi connectivity index (χ1v) is 7.09. The lowest BCUT2D eigenvalue weighted by molar-refractivity contribution is 0.0945. The normalized spacial score (nSPS) is 20.2. The van der Waals surface area contributed by atoms with E-state index in [0.717, 1.165) is 35.5 Å². The van der Waals surface area contributed by atoms with Crippen LogP contribution in [0.1, 0.15) is 30.1 Å². The molecule has 0 bridgehead atoms. The molecule has 0 radical (unpaired) electrons. The van der Waals surface area contributed by atoms with Crippen molar-refractivity contribution in [2.24, 2.45) is 5.92 Å². The first-order chi connectivity index (χ1) is 9.28. The van der Waals surface area contributed by atoms with Crippen molar-refractivity contribution in [1.82, 2.24) is 9.88 Å². The number of hydrogen-bond acceptors (Lipinski definition) is 2. The lowest BCUT2D eigenvalue weighted by Crippen LogP contribution is -2.27. The number of aromatic nitrogens is 1. The molecule has 1 unspecified atom stereocenters. The summed E-state index contributed by atoms with van der Waals surface area (Å²) in [4.78, 5) is 17.9. The van der Waals surface area contributed by atoms with Gasteiger partial charge in [-0.3, -0.25) is 9.69 Å². The molecule has 3 heteroatoms. The van der Waals surface area contributed by atoms with Gasteiger partial charge in [0, 0.05) is 29.2 Å². The molecule has 1 fully saturated rings. The summed E-state index contributed by atoms with van der Waals surface area (Å²) in [6.07, 6.45) is 4.30. The number of Topliss-reactive ketones (excluding diaryl/α,β-unsaturated/α-hetero) is 1. The Morgan fingerprint density at radius 3 is 3.05 bits per heavy atom. The molecule has 0 aliphatic carbocycles. The van der Waals surface area contributed by atoms with Gasteiger partial charge in [-0.1, -0.05) is 31.5 Å². The highest BCUT2D eigenvalue weighted by Gasteiger charge is 2.23. The van der Waals surface area contributed by atoms with Crippen molar-refractivity contribution in [3.63, 3.8) is 0 Å². The molecular weight excluding hydrogens is 236 g/mol. The van der Waals surface area contributed by atoms with Crippen molar-refractivity contribution < 1.29 is 4.79 Å². The Labute approximate surface area is 113 Å². The molecule has 1 aliphatic rings. The number of aromatic amines is 1. The molecule has 2 heterocycles. The van der Waals surface area contributed by atoms with Crippen LogP contribution in [0.15, 0.2) is 30.5 Å². The van der Waals surface area contributed by atoms with Crippen LogP contribution in [-0.4, -0.2) is 35.3 Å². The smallest absolute Gasteiger partial charge is 0.178 e. The van der Waals surface area contributed by atoms with Crippen molar-refractivity contribution in [3.8, 4) is 0 Å². The van der Waals surface area contributed by atoms with Gasteiger partial charge in [-0.2, -0.15) is 0 Å². The molecular formula is C16H20N2O. The maximum atomic E-state index is 12.4. The fourth-order valence-electron chi connectivity index (χ4n) is 2.98. The van der Waals surface area contributed by atoms with Gasteiger partial charge in [0.15, 0.2) is 5.78 Å². The van der Waals surface area contributed by atoms with Gasteiger partial charge in [-0.15, -0.1) is 0 Å². The standard InChI is InChI=1S/C16H20N2O/c1-2-12-7-8-18(10-12)11-16(19)14-9-17-15-6-4-3-5-13(14)15/h3-6,9,12,17H,2,7-8,10-11H2,1H3. The largest absolute Gasteiger partial charge is 0.360 e. The lowest BCUT2D eigenvalue weighted by Gasteiger charge is -2.14. The SMILES string of the molecule is CCC1CCN(CC(=O)c2c[nH]c3ccccc23)C1. The third-order valence-electron chi connectivity index (χ3n) is 4.20. The van der Waals surface area contributed by atoms with Gasteiger partial charge in [0.05, 0.1) is 6.54 Å². The summed E-state index contributed by atoms with van der Waals surface area (Å²) >= 11 is 0. The van der Waals surface area contributed by atoms with Gasteiger partial charge in [-0.05, 0) is 24.9 Å². The second-order valence-electron chi connectivity index (χ2n) is 5.47. The van der Waals surface area contributed by atoms with Crippen molar-refractivity contribution in [2.45, 2.75) is 19.8 Å².